The third-order valence-electron chi connectivity index (χ3n) is 4.91. The van der Waals surface area contributed by atoms with Gasteiger partial charge in [0.15, 0.2) is 0 Å². The maximum absolute atomic E-state index is 6.06. The Hall–Kier alpha value is -0.0800. The standard InChI is InChI=1S/C15H32N2/c1-6-13-7-9-14(10-8-13)17(5)11-15(3,4)12(2)16/h12-14H,6-11,16H2,1-5H3. The Labute approximate surface area is 108 Å². The summed E-state index contributed by atoms with van der Waals surface area (Å²) in [6, 6.07) is 1.05. The van der Waals surface area contributed by atoms with E-state index in [0.29, 0.717) is 0 Å². The highest BCUT2D eigenvalue weighted by atomic mass is 15.1. The van der Waals surface area contributed by atoms with Gasteiger partial charge in [0, 0.05) is 18.6 Å². The van der Waals surface area contributed by atoms with Crippen LogP contribution in [0.1, 0.15) is 59.8 Å². The first-order valence-electron chi connectivity index (χ1n) is 7.32. The minimum absolute atomic E-state index is 0.219. The van der Waals surface area contributed by atoms with Crippen LogP contribution in [-0.4, -0.2) is 30.6 Å². The van der Waals surface area contributed by atoms with Gasteiger partial charge in [-0.25, -0.2) is 0 Å². The number of hydrogen-bond donors (Lipinski definition) is 1. The molecule has 1 aliphatic rings. The average Bonchev–Trinajstić information content (AvgIpc) is 2.28. The normalized spacial score (nSPS) is 28.4. The van der Waals surface area contributed by atoms with Crippen LogP contribution in [0.3, 0.4) is 0 Å². The lowest BCUT2D eigenvalue weighted by Crippen LogP contribution is -2.47. The molecule has 1 atom stereocenters. The van der Waals surface area contributed by atoms with E-state index < -0.39 is 0 Å². The molecule has 0 aromatic heterocycles. The quantitative estimate of drug-likeness (QED) is 0.799. The molecule has 0 aromatic rings. The zero-order valence-electron chi connectivity index (χ0n) is 12.5. The van der Waals surface area contributed by atoms with Gasteiger partial charge in [-0.2, -0.15) is 0 Å². The van der Waals surface area contributed by atoms with Crippen LogP contribution in [0, 0.1) is 11.3 Å². The summed E-state index contributed by atoms with van der Waals surface area (Å²) in [5, 5.41) is 0. The fourth-order valence-corrected chi connectivity index (χ4v) is 2.91. The van der Waals surface area contributed by atoms with E-state index in [0.717, 1.165) is 18.5 Å². The Bertz CT molecular complexity index is 215. The topological polar surface area (TPSA) is 29.3 Å². The molecular weight excluding hydrogens is 208 g/mol. The molecule has 2 heteroatoms. The molecule has 0 amide bonds. The van der Waals surface area contributed by atoms with Crippen molar-refractivity contribution in [2.24, 2.45) is 17.1 Å². The summed E-state index contributed by atoms with van der Waals surface area (Å²) in [5.41, 5.74) is 6.28. The Morgan fingerprint density at radius 1 is 1.24 bits per heavy atom. The number of hydrogen-bond acceptors (Lipinski definition) is 2. The second-order valence-electron chi connectivity index (χ2n) is 6.78. The maximum Gasteiger partial charge on any atom is 0.00926 e. The fourth-order valence-electron chi connectivity index (χ4n) is 2.91. The van der Waals surface area contributed by atoms with Gasteiger partial charge in [0.1, 0.15) is 0 Å². The van der Waals surface area contributed by atoms with E-state index >= 15 is 0 Å². The van der Waals surface area contributed by atoms with E-state index in [9.17, 15) is 0 Å². The lowest BCUT2D eigenvalue weighted by molar-refractivity contribution is 0.107. The molecule has 0 saturated heterocycles. The second kappa shape index (κ2) is 6.19. The van der Waals surface area contributed by atoms with Crippen LogP contribution in [0.4, 0.5) is 0 Å². The van der Waals surface area contributed by atoms with Gasteiger partial charge >= 0.3 is 0 Å². The zero-order valence-corrected chi connectivity index (χ0v) is 12.5. The third kappa shape index (κ3) is 4.26. The summed E-state index contributed by atoms with van der Waals surface area (Å²) in [7, 11) is 2.28. The number of rotatable bonds is 5. The predicted molar refractivity (Wildman–Crippen MR) is 76.1 cm³/mol. The van der Waals surface area contributed by atoms with Crippen LogP contribution in [0.2, 0.25) is 0 Å². The minimum atomic E-state index is 0.219. The summed E-state index contributed by atoms with van der Waals surface area (Å²) in [4.78, 5) is 2.55. The highest BCUT2D eigenvalue weighted by Crippen LogP contribution is 2.30. The molecule has 2 nitrogen and oxygen atoms in total. The van der Waals surface area contributed by atoms with Crippen LogP contribution in [0.25, 0.3) is 0 Å². The van der Waals surface area contributed by atoms with Crippen molar-refractivity contribution >= 4 is 0 Å². The smallest absolute Gasteiger partial charge is 0.00926 e. The molecule has 1 rings (SSSR count). The van der Waals surface area contributed by atoms with E-state index in [2.05, 4.69) is 39.6 Å². The average molecular weight is 240 g/mol. The van der Waals surface area contributed by atoms with Crippen LogP contribution in [-0.2, 0) is 0 Å². The molecule has 0 bridgehead atoms. The van der Waals surface area contributed by atoms with Crippen molar-refractivity contribution in [3.8, 4) is 0 Å². The van der Waals surface area contributed by atoms with Crippen LogP contribution >= 0.6 is 0 Å². The van der Waals surface area contributed by atoms with Gasteiger partial charge in [0.2, 0.25) is 0 Å². The summed E-state index contributed by atoms with van der Waals surface area (Å²) in [5.74, 6) is 0.987. The fraction of sp³-hybridized carbons (Fsp3) is 1.00. The Morgan fingerprint density at radius 2 is 1.76 bits per heavy atom. The molecule has 0 aliphatic heterocycles. The predicted octanol–water partition coefficient (Wildman–Crippen LogP) is 3.26. The van der Waals surface area contributed by atoms with Crippen LogP contribution in [0.5, 0.6) is 0 Å². The molecule has 17 heavy (non-hydrogen) atoms. The molecule has 0 heterocycles. The number of nitrogens with two attached hydrogens (primary N) is 1. The molecule has 2 N–H and O–H groups in total. The second-order valence-corrected chi connectivity index (χ2v) is 6.78. The lowest BCUT2D eigenvalue weighted by atomic mass is 9.81. The monoisotopic (exact) mass is 240 g/mol. The molecule has 0 spiro atoms. The lowest BCUT2D eigenvalue weighted by Gasteiger charge is -2.40. The Kier molecular flexibility index (Phi) is 5.46. The van der Waals surface area contributed by atoms with Crippen molar-refractivity contribution < 1.29 is 0 Å². The molecular formula is C15H32N2. The minimum Gasteiger partial charge on any atom is -0.327 e. The first-order chi connectivity index (χ1) is 7.86. The molecule has 1 unspecified atom stereocenters. The summed E-state index contributed by atoms with van der Waals surface area (Å²) < 4.78 is 0. The van der Waals surface area contributed by atoms with Crippen molar-refractivity contribution in [2.45, 2.75) is 71.9 Å². The molecule has 0 radical (unpaired) electrons. The molecule has 1 saturated carbocycles. The van der Waals surface area contributed by atoms with E-state index in [4.69, 9.17) is 5.73 Å². The maximum atomic E-state index is 6.06. The van der Waals surface area contributed by atoms with Crippen molar-refractivity contribution in [1.82, 2.24) is 4.90 Å². The number of nitrogens with zero attached hydrogens (tertiary/aromatic N) is 1. The zero-order chi connectivity index (χ0) is 13.1. The third-order valence-corrected chi connectivity index (χ3v) is 4.91. The van der Waals surface area contributed by atoms with E-state index in [1.807, 2.05) is 0 Å². The van der Waals surface area contributed by atoms with Gasteiger partial charge in [-0.05, 0) is 51.0 Å². The highest BCUT2D eigenvalue weighted by molar-refractivity contribution is 4.85. The van der Waals surface area contributed by atoms with Gasteiger partial charge in [-0.1, -0.05) is 27.2 Å². The van der Waals surface area contributed by atoms with Gasteiger partial charge in [0.25, 0.3) is 0 Å². The van der Waals surface area contributed by atoms with E-state index in [1.54, 1.807) is 0 Å². The summed E-state index contributed by atoms with van der Waals surface area (Å²) >= 11 is 0. The molecule has 102 valence electrons. The molecule has 0 aromatic carbocycles. The van der Waals surface area contributed by atoms with Crippen molar-refractivity contribution in [1.29, 1.82) is 0 Å². The summed E-state index contributed by atoms with van der Waals surface area (Å²) in [6.45, 7) is 10.1. The molecule has 1 aliphatic carbocycles. The van der Waals surface area contributed by atoms with E-state index in [-0.39, 0.29) is 11.5 Å². The van der Waals surface area contributed by atoms with Crippen molar-refractivity contribution in [2.75, 3.05) is 13.6 Å². The first kappa shape index (κ1) is 15.0. The van der Waals surface area contributed by atoms with Crippen LogP contribution < -0.4 is 5.73 Å². The van der Waals surface area contributed by atoms with Gasteiger partial charge < -0.3 is 10.6 Å². The van der Waals surface area contributed by atoms with Crippen molar-refractivity contribution in [3.05, 3.63) is 0 Å². The van der Waals surface area contributed by atoms with Crippen molar-refractivity contribution in [3.63, 3.8) is 0 Å². The van der Waals surface area contributed by atoms with Crippen LogP contribution in [0.15, 0.2) is 0 Å². The van der Waals surface area contributed by atoms with E-state index in [1.165, 1.54) is 32.1 Å². The Morgan fingerprint density at radius 3 is 2.18 bits per heavy atom. The largest absolute Gasteiger partial charge is 0.327 e. The van der Waals surface area contributed by atoms with Gasteiger partial charge in [0.05, 0.1) is 0 Å². The first-order valence-corrected chi connectivity index (χ1v) is 7.32. The van der Waals surface area contributed by atoms with Gasteiger partial charge in [-0.3, -0.25) is 0 Å². The summed E-state index contributed by atoms with van der Waals surface area (Å²) in [6.07, 6.45) is 6.96. The SMILES string of the molecule is CCC1CCC(N(C)CC(C)(C)C(C)N)CC1. The molecule has 1 fully saturated rings. The Balaban J connectivity index is 2.41. The van der Waals surface area contributed by atoms with Gasteiger partial charge in [-0.15, -0.1) is 0 Å². The highest BCUT2D eigenvalue weighted by Gasteiger charge is 2.29.